The largest absolute Gasteiger partial charge is 0.374 e. The van der Waals surface area contributed by atoms with Gasteiger partial charge in [0.1, 0.15) is 5.76 Å². The third-order valence-electron chi connectivity index (χ3n) is 5.28. The maximum atomic E-state index is 6.06. The molecule has 0 spiro atoms. The molecule has 128 valence electrons. The van der Waals surface area contributed by atoms with Gasteiger partial charge in [-0.05, 0) is 19.4 Å². The minimum atomic E-state index is 0.308. The van der Waals surface area contributed by atoms with Crippen molar-refractivity contribution in [2.24, 2.45) is 0 Å². The van der Waals surface area contributed by atoms with E-state index < -0.39 is 0 Å². The van der Waals surface area contributed by atoms with Gasteiger partial charge in [0.15, 0.2) is 0 Å². The first-order valence-corrected chi connectivity index (χ1v) is 8.74. The number of morpholine rings is 1. The predicted octanol–water partition coefficient (Wildman–Crippen LogP) is 2.38. The van der Waals surface area contributed by atoms with Crippen LogP contribution in [0, 0.1) is 13.8 Å². The van der Waals surface area contributed by atoms with E-state index >= 15 is 0 Å². The molecular weight excluding hydrogens is 302 g/mol. The molecule has 3 heterocycles. The molecule has 0 amide bonds. The summed E-state index contributed by atoms with van der Waals surface area (Å²) >= 11 is 0. The lowest BCUT2D eigenvalue weighted by molar-refractivity contribution is -0.0504. The molecule has 2 saturated heterocycles. The summed E-state index contributed by atoms with van der Waals surface area (Å²) < 4.78 is 11.4. The van der Waals surface area contributed by atoms with Gasteiger partial charge in [-0.25, -0.2) is 0 Å². The van der Waals surface area contributed by atoms with Gasteiger partial charge in [-0.3, -0.25) is 9.80 Å². The minimum Gasteiger partial charge on any atom is -0.374 e. The molecule has 4 rings (SSSR count). The number of benzene rings is 1. The van der Waals surface area contributed by atoms with Crippen molar-refractivity contribution in [2.45, 2.75) is 39.1 Å². The number of nitrogens with zero attached hydrogens (tertiary/aromatic N) is 3. The van der Waals surface area contributed by atoms with Gasteiger partial charge in [0.25, 0.3) is 0 Å². The zero-order chi connectivity index (χ0) is 16.5. The highest BCUT2D eigenvalue weighted by atomic mass is 16.5. The van der Waals surface area contributed by atoms with Crippen LogP contribution in [0.25, 0.3) is 0 Å². The zero-order valence-electron chi connectivity index (χ0n) is 14.4. The molecule has 5 nitrogen and oxygen atoms in total. The highest BCUT2D eigenvalue weighted by Crippen LogP contribution is 2.26. The summed E-state index contributed by atoms with van der Waals surface area (Å²) in [7, 11) is 0. The third kappa shape index (κ3) is 3.11. The molecule has 2 atom stereocenters. The molecule has 2 fully saturated rings. The quantitative estimate of drug-likeness (QED) is 0.862. The number of hydrogen-bond donors (Lipinski definition) is 0. The second-order valence-electron chi connectivity index (χ2n) is 6.93. The van der Waals surface area contributed by atoms with Crippen molar-refractivity contribution in [2.75, 3.05) is 26.2 Å². The molecule has 2 aromatic rings. The van der Waals surface area contributed by atoms with E-state index in [2.05, 4.69) is 45.3 Å². The molecule has 2 aliphatic heterocycles. The normalized spacial score (nSPS) is 25.1. The fourth-order valence-corrected chi connectivity index (χ4v) is 3.93. The molecule has 1 aromatic carbocycles. The number of rotatable bonds is 4. The minimum absolute atomic E-state index is 0.308. The third-order valence-corrected chi connectivity index (χ3v) is 5.28. The first-order valence-electron chi connectivity index (χ1n) is 8.74. The van der Waals surface area contributed by atoms with Gasteiger partial charge in [0.05, 0.1) is 24.4 Å². The van der Waals surface area contributed by atoms with Crippen molar-refractivity contribution in [1.82, 2.24) is 15.0 Å². The van der Waals surface area contributed by atoms with Gasteiger partial charge in [-0.15, -0.1) is 0 Å². The predicted molar refractivity (Wildman–Crippen MR) is 91.6 cm³/mol. The van der Waals surface area contributed by atoms with E-state index in [1.165, 1.54) is 11.1 Å². The summed E-state index contributed by atoms with van der Waals surface area (Å²) in [5, 5.41) is 4.08. The van der Waals surface area contributed by atoms with Crippen LogP contribution in [0.4, 0.5) is 0 Å². The van der Waals surface area contributed by atoms with Crippen LogP contribution in [0.3, 0.4) is 0 Å². The summed E-state index contributed by atoms with van der Waals surface area (Å²) in [6.45, 7) is 9.79. The van der Waals surface area contributed by atoms with Crippen LogP contribution in [0.2, 0.25) is 0 Å². The summed E-state index contributed by atoms with van der Waals surface area (Å²) in [6.07, 6.45) is 0.308. The molecular formula is C19H25N3O2. The summed E-state index contributed by atoms with van der Waals surface area (Å²) in [5.74, 6) is 0.935. The van der Waals surface area contributed by atoms with Crippen molar-refractivity contribution in [1.29, 1.82) is 0 Å². The number of aromatic nitrogens is 1. The van der Waals surface area contributed by atoms with Crippen molar-refractivity contribution >= 4 is 0 Å². The van der Waals surface area contributed by atoms with Gasteiger partial charge in [0, 0.05) is 38.3 Å². The van der Waals surface area contributed by atoms with Gasteiger partial charge in [0.2, 0.25) is 0 Å². The van der Waals surface area contributed by atoms with Crippen LogP contribution in [-0.2, 0) is 17.8 Å². The molecule has 1 aromatic heterocycles. The van der Waals surface area contributed by atoms with Crippen molar-refractivity contribution in [3.05, 3.63) is 52.9 Å². The second-order valence-corrected chi connectivity index (χ2v) is 6.93. The van der Waals surface area contributed by atoms with E-state index in [-0.39, 0.29) is 0 Å². The average molecular weight is 327 g/mol. The smallest absolute Gasteiger partial charge is 0.138 e. The lowest BCUT2D eigenvalue weighted by atomic mass is 10.1. The van der Waals surface area contributed by atoms with E-state index in [0.29, 0.717) is 12.1 Å². The summed E-state index contributed by atoms with van der Waals surface area (Å²) in [6, 6.07) is 11.2. The van der Waals surface area contributed by atoms with Crippen LogP contribution in [0.1, 0.15) is 22.6 Å². The molecule has 0 radical (unpaired) electrons. The Kier molecular flexibility index (Phi) is 4.39. The van der Waals surface area contributed by atoms with E-state index in [1.54, 1.807) is 0 Å². The van der Waals surface area contributed by atoms with Crippen molar-refractivity contribution < 1.29 is 9.26 Å². The topological polar surface area (TPSA) is 41.7 Å². The summed E-state index contributed by atoms with van der Waals surface area (Å²) in [5.41, 5.74) is 3.61. The number of aryl methyl sites for hydroxylation is 2. The lowest BCUT2D eigenvalue weighted by Gasteiger charge is -2.37. The monoisotopic (exact) mass is 327 g/mol. The second kappa shape index (κ2) is 6.67. The van der Waals surface area contributed by atoms with Crippen LogP contribution in [-0.4, -0.2) is 53.3 Å². The first-order chi connectivity index (χ1) is 11.7. The van der Waals surface area contributed by atoms with E-state index in [4.69, 9.17) is 9.26 Å². The lowest BCUT2D eigenvalue weighted by Crippen LogP contribution is -2.50. The van der Waals surface area contributed by atoms with Gasteiger partial charge in [-0.1, -0.05) is 35.5 Å². The van der Waals surface area contributed by atoms with E-state index in [1.807, 2.05) is 13.8 Å². The first kappa shape index (κ1) is 15.8. The fourth-order valence-electron chi connectivity index (χ4n) is 3.93. The molecule has 0 aliphatic carbocycles. The average Bonchev–Trinajstić information content (AvgIpc) is 3.15. The fraction of sp³-hybridized carbons (Fsp3) is 0.526. The highest BCUT2D eigenvalue weighted by molar-refractivity contribution is 5.21. The van der Waals surface area contributed by atoms with Crippen LogP contribution in [0.5, 0.6) is 0 Å². The summed E-state index contributed by atoms with van der Waals surface area (Å²) in [4.78, 5) is 5.06. The van der Waals surface area contributed by atoms with E-state index in [0.717, 1.165) is 50.8 Å². The Morgan fingerprint density at radius 3 is 2.71 bits per heavy atom. The maximum absolute atomic E-state index is 6.06. The molecule has 5 heteroatoms. The van der Waals surface area contributed by atoms with Crippen molar-refractivity contribution in [3.8, 4) is 0 Å². The van der Waals surface area contributed by atoms with Crippen LogP contribution < -0.4 is 0 Å². The van der Waals surface area contributed by atoms with E-state index in [9.17, 15) is 0 Å². The Bertz CT molecular complexity index is 666. The maximum Gasteiger partial charge on any atom is 0.138 e. The van der Waals surface area contributed by atoms with Crippen LogP contribution >= 0.6 is 0 Å². The van der Waals surface area contributed by atoms with Gasteiger partial charge >= 0.3 is 0 Å². The number of hydrogen-bond acceptors (Lipinski definition) is 5. The van der Waals surface area contributed by atoms with Crippen LogP contribution in [0.15, 0.2) is 34.9 Å². The Morgan fingerprint density at radius 1 is 1.12 bits per heavy atom. The Morgan fingerprint density at radius 2 is 1.96 bits per heavy atom. The molecule has 2 unspecified atom stereocenters. The molecule has 2 aliphatic rings. The number of fused-ring (bicyclic) bond motifs is 1. The SMILES string of the molecule is Cc1noc(C)c1CN1CC2OCCN(Cc3ccccc3)C2C1. The number of likely N-dealkylation sites (tertiary alicyclic amines) is 1. The van der Waals surface area contributed by atoms with Gasteiger partial charge < -0.3 is 9.26 Å². The molecule has 0 N–H and O–H groups in total. The Hall–Kier alpha value is -1.69. The van der Waals surface area contributed by atoms with Gasteiger partial charge in [-0.2, -0.15) is 0 Å². The Labute approximate surface area is 143 Å². The number of ether oxygens (including phenoxy) is 1. The Balaban J connectivity index is 1.44. The zero-order valence-corrected chi connectivity index (χ0v) is 14.4. The molecule has 24 heavy (non-hydrogen) atoms. The standard InChI is InChI=1S/C19H25N3O2/c1-14-17(15(2)24-20-14)11-21-12-18-19(13-21)23-9-8-22(18)10-16-6-4-3-5-7-16/h3-7,18-19H,8-13H2,1-2H3. The highest BCUT2D eigenvalue weighted by Gasteiger charge is 2.40. The molecule has 0 saturated carbocycles. The van der Waals surface area contributed by atoms with Crippen molar-refractivity contribution in [3.63, 3.8) is 0 Å². The molecule has 0 bridgehead atoms.